The van der Waals surface area contributed by atoms with E-state index in [0.29, 0.717) is 11.1 Å². The molecule has 1 atom stereocenters. The molecule has 1 aliphatic rings. The van der Waals surface area contributed by atoms with E-state index in [1.807, 2.05) is 0 Å². The first-order valence-electron chi connectivity index (χ1n) is 7.63. The Bertz CT molecular complexity index is 586. The van der Waals surface area contributed by atoms with Crippen LogP contribution in [0.2, 0.25) is 0 Å². The lowest BCUT2D eigenvalue weighted by Gasteiger charge is -2.23. The van der Waals surface area contributed by atoms with Crippen LogP contribution >= 0.6 is 0 Å². The number of amides is 1. The lowest BCUT2D eigenvalue weighted by molar-refractivity contribution is -0.142. The molecule has 22 heavy (non-hydrogen) atoms. The van der Waals surface area contributed by atoms with Gasteiger partial charge in [0.15, 0.2) is 0 Å². The van der Waals surface area contributed by atoms with Gasteiger partial charge in [-0.1, -0.05) is 37.5 Å². The lowest BCUT2D eigenvalue weighted by atomic mass is 9.88. The fourth-order valence-electron chi connectivity index (χ4n) is 2.88. The van der Waals surface area contributed by atoms with Crippen LogP contribution in [-0.4, -0.2) is 23.0 Å². The molecule has 1 aromatic carbocycles. The average Bonchev–Trinajstić information content (AvgIpc) is 2.55. The molecule has 0 aliphatic heterocycles. The summed E-state index contributed by atoms with van der Waals surface area (Å²) in [4.78, 5) is 23.6. The molecule has 0 unspecified atom stereocenters. The Kier molecular flexibility index (Phi) is 5.54. The van der Waals surface area contributed by atoms with E-state index in [2.05, 4.69) is 11.4 Å². The van der Waals surface area contributed by atoms with Gasteiger partial charge in [0, 0.05) is 12.3 Å². The molecule has 0 radical (unpaired) electrons. The third-order valence-electron chi connectivity index (χ3n) is 4.15. The number of nitrogens with one attached hydrogen (secondary N) is 1. The van der Waals surface area contributed by atoms with Gasteiger partial charge in [-0.15, -0.1) is 0 Å². The Morgan fingerprint density at radius 2 is 1.95 bits per heavy atom. The third kappa shape index (κ3) is 4.08. The first-order chi connectivity index (χ1) is 10.6. The molecule has 1 fully saturated rings. The standard InChI is InChI=1S/C17H20N2O3/c18-11-14-9-5-4-8-13(14)10-15(17(21)22)19-16(20)12-6-2-1-3-7-12/h4-5,8-9,12,15H,1-3,6-7,10H2,(H,19,20)(H,21,22)/t15-/m0/s1. The predicted octanol–water partition coefficient (Wildman–Crippen LogP) is 2.25. The van der Waals surface area contributed by atoms with Crippen molar-refractivity contribution in [2.75, 3.05) is 0 Å². The van der Waals surface area contributed by atoms with Crippen LogP contribution in [0.5, 0.6) is 0 Å². The normalized spacial score (nSPS) is 16.5. The van der Waals surface area contributed by atoms with E-state index in [0.717, 1.165) is 32.1 Å². The van der Waals surface area contributed by atoms with Gasteiger partial charge in [0.2, 0.25) is 5.91 Å². The van der Waals surface area contributed by atoms with Gasteiger partial charge in [0.1, 0.15) is 6.04 Å². The highest BCUT2D eigenvalue weighted by Gasteiger charge is 2.27. The maximum atomic E-state index is 12.2. The van der Waals surface area contributed by atoms with Crippen molar-refractivity contribution < 1.29 is 14.7 Å². The summed E-state index contributed by atoms with van der Waals surface area (Å²) in [5.41, 5.74) is 1.09. The second kappa shape index (κ2) is 7.60. The molecule has 0 saturated heterocycles. The molecule has 1 aromatic rings. The fourth-order valence-corrected chi connectivity index (χ4v) is 2.88. The van der Waals surface area contributed by atoms with Gasteiger partial charge in [0.05, 0.1) is 11.6 Å². The zero-order valence-electron chi connectivity index (χ0n) is 12.4. The lowest BCUT2D eigenvalue weighted by Crippen LogP contribution is -2.45. The molecular weight excluding hydrogens is 280 g/mol. The van der Waals surface area contributed by atoms with E-state index in [4.69, 9.17) is 5.26 Å². The molecule has 0 bridgehead atoms. The summed E-state index contributed by atoms with van der Waals surface area (Å²) >= 11 is 0. The van der Waals surface area contributed by atoms with Gasteiger partial charge in [-0.3, -0.25) is 4.79 Å². The smallest absolute Gasteiger partial charge is 0.326 e. The van der Waals surface area contributed by atoms with Crippen LogP contribution in [0.25, 0.3) is 0 Å². The average molecular weight is 300 g/mol. The fraction of sp³-hybridized carbons (Fsp3) is 0.471. The number of carbonyl (C=O) groups excluding carboxylic acids is 1. The van der Waals surface area contributed by atoms with Crippen LogP contribution in [0.4, 0.5) is 0 Å². The number of carboxylic acids is 1. The SMILES string of the molecule is N#Cc1ccccc1C[C@H](NC(=O)C1CCCCC1)C(=O)O. The maximum Gasteiger partial charge on any atom is 0.326 e. The Labute approximate surface area is 129 Å². The van der Waals surface area contributed by atoms with E-state index in [-0.39, 0.29) is 18.2 Å². The Morgan fingerprint density at radius 3 is 2.59 bits per heavy atom. The first-order valence-corrected chi connectivity index (χ1v) is 7.63. The van der Waals surface area contributed by atoms with Crippen molar-refractivity contribution in [3.8, 4) is 6.07 Å². The summed E-state index contributed by atoms with van der Waals surface area (Å²) in [6, 6.07) is 7.92. The van der Waals surface area contributed by atoms with Crippen molar-refractivity contribution in [2.24, 2.45) is 5.92 Å². The third-order valence-corrected chi connectivity index (χ3v) is 4.15. The number of rotatable bonds is 5. The van der Waals surface area contributed by atoms with Crippen molar-refractivity contribution in [2.45, 2.75) is 44.6 Å². The number of hydrogen-bond acceptors (Lipinski definition) is 3. The minimum Gasteiger partial charge on any atom is -0.480 e. The quantitative estimate of drug-likeness (QED) is 0.872. The largest absolute Gasteiger partial charge is 0.480 e. The predicted molar refractivity (Wildman–Crippen MR) is 81.0 cm³/mol. The van der Waals surface area contributed by atoms with Gasteiger partial charge in [-0.05, 0) is 24.5 Å². The number of carboxylic acid groups (broad SMARTS) is 1. The first kappa shape index (κ1) is 16.0. The van der Waals surface area contributed by atoms with Crippen LogP contribution < -0.4 is 5.32 Å². The molecule has 0 spiro atoms. The molecule has 1 saturated carbocycles. The Balaban J connectivity index is 2.05. The van der Waals surface area contributed by atoms with E-state index in [1.165, 1.54) is 0 Å². The van der Waals surface area contributed by atoms with Gasteiger partial charge in [-0.25, -0.2) is 4.79 Å². The van der Waals surface area contributed by atoms with Crippen molar-refractivity contribution >= 4 is 11.9 Å². The minimum atomic E-state index is -1.07. The molecule has 2 rings (SSSR count). The van der Waals surface area contributed by atoms with Gasteiger partial charge in [0.25, 0.3) is 0 Å². The van der Waals surface area contributed by atoms with Crippen molar-refractivity contribution in [3.05, 3.63) is 35.4 Å². The monoisotopic (exact) mass is 300 g/mol. The molecular formula is C17H20N2O3. The number of nitrogens with zero attached hydrogens (tertiary/aromatic N) is 1. The highest BCUT2D eigenvalue weighted by Crippen LogP contribution is 2.24. The van der Waals surface area contributed by atoms with Crippen molar-refractivity contribution in [3.63, 3.8) is 0 Å². The summed E-state index contributed by atoms with van der Waals surface area (Å²) in [7, 11) is 0. The van der Waals surface area contributed by atoms with Crippen LogP contribution in [0.3, 0.4) is 0 Å². The Hall–Kier alpha value is -2.35. The summed E-state index contributed by atoms with van der Waals surface area (Å²) in [6.07, 6.45) is 4.96. The molecule has 5 heteroatoms. The second-order valence-corrected chi connectivity index (χ2v) is 5.71. The highest BCUT2D eigenvalue weighted by atomic mass is 16.4. The van der Waals surface area contributed by atoms with E-state index < -0.39 is 12.0 Å². The number of carbonyl (C=O) groups is 2. The molecule has 0 aromatic heterocycles. The second-order valence-electron chi connectivity index (χ2n) is 5.71. The van der Waals surface area contributed by atoms with Gasteiger partial charge >= 0.3 is 5.97 Å². The van der Waals surface area contributed by atoms with Crippen molar-refractivity contribution in [1.29, 1.82) is 5.26 Å². The summed E-state index contributed by atoms with van der Waals surface area (Å²) in [6.45, 7) is 0. The molecule has 5 nitrogen and oxygen atoms in total. The topological polar surface area (TPSA) is 90.2 Å². The molecule has 0 heterocycles. The number of nitriles is 1. The highest BCUT2D eigenvalue weighted by molar-refractivity contribution is 5.85. The molecule has 1 amide bonds. The number of aliphatic carboxylic acids is 1. The molecule has 116 valence electrons. The van der Waals surface area contributed by atoms with Crippen LogP contribution in [0, 0.1) is 17.2 Å². The summed E-state index contributed by atoms with van der Waals surface area (Å²) < 4.78 is 0. The van der Waals surface area contributed by atoms with Crippen LogP contribution in [0.15, 0.2) is 24.3 Å². The van der Waals surface area contributed by atoms with E-state index in [1.54, 1.807) is 24.3 Å². The Morgan fingerprint density at radius 1 is 1.27 bits per heavy atom. The van der Waals surface area contributed by atoms with Gasteiger partial charge < -0.3 is 10.4 Å². The van der Waals surface area contributed by atoms with Crippen LogP contribution in [0.1, 0.15) is 43.2 Å². The van der Waals surface area contributed by atoms with Crippen molar-refractivity contribution in [1.82, 2.24) is 5.32 Å². The van der Waals surface area contributed by atoms with E-state index in [9.17, 15) is 14.7 Å². The zero-order valence-corrected chi connectivity index (χ0v) is 12.4. The number of benzene rings is 1. The maximum absolute atomic E-state index is 12.2. The molecule has 1 aliphatic carbocycles. The summed E-state index contributed by atoms with van der Waals surface area (Å²) in [5.74, 6) is -1.33. The van der Waals surface area contributed by atoms with Crippen LogP contribution in [-0.2, 0) is 16.0 Å². The number of hydrogen-bond donors (Lipinski definition) is 2. The molecule has 2 N–H and O–H groups in total. The minimum absolute atomic E-state index is 0.0817. The summed E-state index contributed by atoms with van der Waals surface area (Å²) in [5, 5.41) is 21.1. The van der Waals surface area contributed by atoms with Gasteiger partial charge in [-0.2, -0.15) is 5.26 Å². The van der Waals surface area contributed by atoms with E-state index >= 15 is 0 Å². The zero-order chi connectivity index (χ0) is 15.9.